The summed E-state index contributed by atoms with van der Waals surface area (Å²) in [5.41, 5.74) is 1.77. The van der Waals surface area contributed by atoms with Gasteiger partial charge in [-0.2, -0.15) is 5.10 Å². The van der Waals surface area contributed by atoms with Crippen LogP contribution < -0.4 is 5.32 Å². The van der Waals surface area contributed by atoms with Crippen LogP contribution in [0.4, 0.5) is 5.69 Å². The Morgan fingerprint density at radius 3 is 3.20 bits per heavy atom. The van der Waals surface area contributed by atoms with Gasteiger partial charge in [0.25, 0.3) is 0 Å². The first-order chi connectivity index (χ1) is 7.29. The molecule has 0 saturated carbocycles. The van der Waals surface area contributed by atoms with Crippen molar-refractivity contribution in [3.8, 4) is 0 Å². The van der Waals surface area contributed by atoms with Gasteiger partial charge in [0.1, 0.15) is 0 Å². The fraction of sp³-hybridized carbons (Fsp3) is 0.200. The monoisotopic (exact) mass is 267 g/mol. The Morgan fingerprint density at radius 1 is 1.53 bits per heavy atom. The van der Waals surface area contributed by atoms with E-state index in [0.29, 0.717) is 11.8 Å². The van der Waals surface area contributed by atoms with Crippen LogP contribution in [0.2, 0.25) is 0 Å². The van der Waals surface area contributed by atoms with E-state index < -0.39 is 0 Å². The average Bonchev–Trinajstić information content (AvgIpc) is 2.65. The highest BCUT2D eigenvalue weighted by molar-refractivity contribution is 9.09. The summed E-state index contributed by atoms with van der Waals surface area (Å²) < 4.78 is 0. The molecular weight excluding hydrogens is 258 g/mol. The van der Waals surface area contributed by atoms with Gasteiger partial charge in [0.2, 0.25) is 5.91 Å². The van der Waals surface area contributed by atoms with Crippen molar-refractivity contribution >= 4 is 38.4 Å². The van der Waals surface area contributed by atoms with Gasteiger partial charge in [0.15, 0.2) is 0 Å². The quantitative estimate of drug-likeness (QED) is 0.839. The number of anilines is 1. The predicted molar refractivity (Wildman–Crippen MR) is 63.1 cm³/mol. The molecule has 0 radical (unpaired) electrons. The van der Waals surface area contributed by atoms with Crippen molar-refractivity contribution in [2.24, 2.45) is 0 Å². The maximum atomic E-state index is 11.3. The van der Waals surface area contributed by atoms with Crippen LogP contribution in [0.25, 0.3) is 10.9 Å². The standard InChI is InChI=1S/C10H10BrN3O/c11-4-3-10(15)13-8-1-2-9-7(5-8)6-12-14-9/h1-2,5-6H,3-4H2,(H,12,14)(H,13,15). The lowest BCUT2D eigenvalue weighted by Gasteiger charge is -2.03. The van der Waals surface area contributed by atoms with Crippen LogP contribution in [0.5, 0.6) is 0 Å². The Bertz CT molecular complexity index is 480. The van der Waals surface area contributed by atoms with Crippen LogP contribution in [0.1, 0.15) is 6.42 Å². The Hall–Kier alpha value is -1.36. The van der Waals surface area contributed by atoms with E-state index in [-0.39, 0.29) is 5.91 Å². The number of fused-ring (bicyclic) bond motifs is 1. The number of nitrogens with zero attached hydrogens (tertiary/aromatic N) is 1. The Balaban J connectivity index is 2.17. The summed E-state index contributed by atoms with van der Waals surface area (Å²) in [6, 6.07) is 5.64. The second-order valence-corrected chi connectivity index (χ2v) is 3.95. The zero-order valence-electron chi connectivity index (χ0n) is 7.96. The van der Waals surface area contributed by atoms with Crippen LogP contribution >= 0.6 is 15.9 Å². The number of rotatable bonds is 3. The van der Waals surface area contributed by atoms with Gasteiger partial charge in [-0.1, -0.05) is 15.9 Å². The molecule has 0 aliphatic heterocycles. The number of alkyl halides is 1. The van der Waals surface area contributed by atoms with E-state index in [1.54, 1.807) is 6.20 Å². The Kier molecular flexibility index (Phi) is 3.01. The van der Waals surface area contributed by atoms with Gasteiger partial charge < -0.3 is 5.32 Å². The van der Waals surface area contributed by atoms with Crippen LogP contribution in [0.3, 0.4) is 0 Å². The maximum absolute atomic E-state index is 11.3. The third-order valence-electron chi connectivity index (χ3n) is 2.05. The fourth-order valence-corrected chi connectivity index (χ4v) is 1.69. The summed E-state index contributed by atoms with van der Waals surface area (Å²) in [5, 5.41) is 11.2. The lowest BCUT2D eigenvalue weighted by Crippen LogP contribution is -2.11. The maximum Gasteiger partial charge on any atom is 0.225 e. The van der Waals surface area contributed by atoms with E-state index in [1.807, 2.05) is 18.2 Å². The number of aromatic nitrogens is 2. The van der Waals surface area contributed by atoms with Crippen LogP contribution in [0.15, 0.2) is 24.4 Å². The SMILES string of the molecule is O=C(CCBr)Nc1ccc2[nH]ncc2c1. The minimum Gasteiger partial charge on any atom is -0.326 e. The molecule has 0 bridgehead atoms. The third-order valence-corrected chi connectivity index (χ3v) is 2.44. The van der Waals surface area contributed by atoms with Crippen molar-refractivity contribution in [1.82, 2.24) is 10.2 Å². The van der Waals surface area contributed by atoms with Gasteiger partial charge in [0, 0.05) is 22.8 Å². The molecule has 0 saturated heterocycles. The summed E-state index contributed by atoms with van der Waals surface area (Å²) in [6.07, 6.45) is 2.21. The summed E-state index contributed by atoms with van der Waals surface area (Å²) >= 11 is 3.22. The highest BCUT2D eigenvalue weighted by Crippen LogP contribution is 2.16. The van der Waals surface area contributed by atoms with Crippen molar-refractivity contribution < 1.29 is 4.79 Å². The van der Waals surface area contributed by atoms with E-state index >= 15 is 0 Å². The van der Waals surface area contributed by atoms with E-state index in [0.717, 1.165) is 16.6 Å². The van der Waals surface area contributed by atoms with Crippen LogP contribution in [-0.2, 0) is 4.79 Å². The first-order valence-corrected chi connectivity index (χ1v) is 5.70. The Labute approximate surface area is 95.2 Å². The molecule has 1 aromatic carbocycles. The second kappa shape index (κ2) is 4.44. The van der Waals surface area contributed by atoms with Gasteiger partial charge >= 0.3 is 0 Å². The molecule has 1 aromatic heterocycles. The lowest BCUT2D eigenvalue weighted by molar-refractivity contribution is -0.115. The molecule has 0 unspecified atom stereocenters. The number of benzene rings is 1. The molecule has 2 N–H and O–H groups in total. The molecule has 1 amide bonds. The zero-order valence-corrected chi connectivity index (χ0v) is 9.54. The average molecular weight is 268 g/mol. The van der Waals surface area contributed by atoms with E-state index in [1.165, 1.54) is 0 Å². The molecule has 0 spiro atoms. The molecule has 4 nitrogen and oxygen atoms in total. The predicted octanol–water partition coefficient (Wildman–Crippen LogP) is 2.29. The van der Waals surface area contributed by atoms with Crippen molar-refractivity contribution in [2.75, 3.05) is 10.6 Å². The molecule has 1 heterocycles. The van der Waals surface area contributed by atoms with Gasteiger partial charge in [-0.25, -0.2) is 0 Å². The largest absolute Gasteiger partial charge is 0.326 e. The van der Waals surface area contributed by atoms with Gasteiger partial charge in [0.05, 0.1) is 11.7 Å². The number of halogens is 1. The molecule has 0 atom stereocenters. The van der Waals surface area contributed by atoms with Crippen molar-refractivity contribution in [2.45, 2.75) is 6.42 Å². The lowest BCUT2D eigenvalue weighted by atomic mass is 10.2. The molecule has 0 aliphatic rings. The highest BCUT2D eigenvalue weighted by atomic mass is 79.9. The summed E-state index contributed by atoms with van der Waals surface area (Å²) in [6.45, 7) is 0. The number of H-pyrrole nitrogens is 1. The van der Waals surface area contributed by atoms with Crippen molar-refractivity contribution in [1.29, 1.82) is 0 Å². The topological polar surface area (TPSA) is 57.8 Å². The summed E-state index contributed by atoms with van der Waals surface area (Å²) in [7, 11) is 0. The molecular formula is C10H10BrN3O. The molecule has 78 valence electrons. The van der Waals surface area contributed by atoms with Gasteiger partial charge in [-0.05, 0) is 18.2 Å². The number of carbonyl (C=O) groups excluding carboxylic acids is 1. The first kappa shape index (κ1) is 10.2. The molecule has 15 heavy (non-hydrogen) atoms. The number of carbonyl (C=O) groups is 1. The van der Waals surface area contributed by atoms with Crippen molar-refractivity contribution in [3.63, 3.8) is 0 Å². The smallest absolute Gasteiger partial charge is 0.225 e. The number of hydrogen-bond acceptors (Lipinski definition) is 2. The third kappa shape index (κ3) is 2.36. The van der Waals surface area contributed by atoms with Crippen LogP contribution in [-0.4, -0.2) is 21.4 Å². The van der Waals surface area contributed by atoms with Gasteiger partial charge in [-0.15, -0.1) is 0 Å². The Morgan fingerprint density at radius 2 is 2.40 bits per heavy atom. The first-order valence-electron chi connectivity index (χ1n) is 4.58. The fourth-order valence-electron chi connectivity index (χ4n) is 1.33. The van der Waals surface area contributed by atoms with Crippen LogP contribution in [0, 0.1) is 0 Å². The number of nitrogens with one attached hydrogen (secondary N) is 2. The number of amides is 1. The molecule has 0 aliphatic carbocycles. The second-order valence-electron chi connectivity index (χ2n) is 3.16. The number of hydrogen-bond donors (Lipinski definition) is 2. The van der Waals surface area contributed by atoms with E-state index in [2.05, 4.69) is 31.4 Å². The highest BCUT2D eigenvalue weighted by Gasteiger charge is 2.02. The number of aromatic amines is 1. The van der Waals surface area contributed by atoms with E-state index in [4.69, 9.17) is 0 Å². The minimum atomic E-state index is 0.00900. The molecule has 5 heteroatoms. The van der Waals surface area contributed by atoms with E-state index in [9.17, 15) is 4.79 Å². The zero-order chi connectivity index (χ0) is 10.7. The molecule has 0 fully saturated rings. The van der Waals surface area contributed by atoms with Gasteiger partial charge in [-0.3, -0.25) is 9.89 Å². The summed E-state index contributed by atoms with van der Waals surface area (Å²) in [5.74, 6) is 0.00900. The molecule has 2 rings (SSSR count). The summed E-state index contributed by atoms with van der Waals surface area (Å²) in [4.78, 5) is 11.3. The minimum absolute atomic E-state index is 0.00900. The molecule has 2 aromatic rings. The van der Waals surface area contributed by atoms with Crippen molar-refractivity contribution in [3.05, 3.63) is 24.4 Å². The normalized spacial score (nSPS) is 10.5.